The van der Waals surface area contributed by atoms with E-state index in [2.05, 4.69) is 23.7 Å². The maximum absolute atomic E-state index is 12.6. The molecule has 2 atom stereocenters. The van der Waals surface area contributed by atoms with Crippen molar-refractivity contribution in [2.24, 2.45) is 0 Å². The number of carbonyl (C=O) groups excluding carboxylic acids is 1. The predicted octanol–water partition coefficient (Wildman–Crippen LogP) is 4.14. The molecular formula is C18H24N2O3S. The Balaban J connectivity index is 1.58. The van der Waals surface area contributed by atoms with Crippen molar-refractivity contribution >= 4 is 17.4 Å². The number of hydrogen-bond donors (Lipinski definition) is 1. The Morgan fingerprint density at radius 3 is 3.12 bits per heavy atom. The number of furan rings is 1. The van der Waals surface area contributed by atoms with Gasteiger partial charge in [0.15, 0.2) is 0 Å². The topological polar surface area (TPSA) is 54.7 Å². The molecule has 0 radical (unpaired) electrons. The highest BCUT2D eigenvalue weighted by Gasteiger charge is 2.32. The predicted molar refractivity (Wildman–Crippen MR) is 94.2 cm³/mol. The number of nitrogens with zero attached hydrogens (tertiary/aromatic N) is 1. The molecule has 0 saturated carbocycles. The van der Waals surface area contributed by atoms with Gasteiger partial charge in [0.05, 0.1) is 6.04 Å². The number of methoxy groups -OCH3 is 1. The summed E-state index contributed by atoms with van der Waals surface area (Å²) in [6, 6.07) is 8.05. The van der Waals surface area contributed by atoms with Gasteiger partial charge < -0.3 is 19.4 Å². The van der Waals surface area contributed by atoms with Crippen LogP contribution in [-0.2, 0) is 11.3 Å². The summed E-state index contributed by atoms with van der Waals surface area (Å²) in [6.07, 6.45) is 1.94. The molecule has 6 heteroatoms. The second-order valence-corrected chi connectivity index (χ2v) is 7.17. The smallest absolute Gasteiger partial charge is 0.318 e. The lowest BCUT2D eigenvalue weighted by Gasteiger charge is -2.24. The Bertz CT molecular complexity index is 653. The summed E-state index contributed by atoms with van der Waals surface area (Å²) in [6.45, 7) is 4.01. The van der Waals surface area contributed by atoms with Crippen LogP contribution in [0.4, 0.5) is 4.79 Å². The lowest BCUT2D eigenvalue weighted by Crippen LogP contribution is -2.40. The van der Waals surface area contributed by atoms with Gasteiger partial charge in [-0.3, -0.25) is 0 Å². The molecule has 2 amide bonds. The molecule has 1 N–H and O–H groups in total. The third kappa shape index (κ3) is 3.82. The Labute approximate surface area is 146 Å². The first kappa shape index (κ1) is 17.0. The third-order valence-corrected chi connectivity index (χ3v) is 5.50. The zero-order valence-electron chi connectivity index (χ0n) is 14.2. The number of carbonyl (C=O) groups is 1. The van der Waals surface area contributed by atoms with E-state index in [0.29, 0.717) is 19.1 Å². The van der Waals surface area contributed by atoms with Crippen LogP contribution < -0.4 is 5.32 Å². The molecule has 1 aliphatic rings. The third-order valence-electron chi connectivity index (χ3n) is 4.40. The van der Waals surface area contributed by atoms with Gasteiger partial charge in [0.2, 0.25) is 0 Å². The minimum atomic E-state index is -0.00871. The molecule has 0 aromatic carbocycles. The average Bonchev–Trinajstić information content (AvgIpc) is 3.32. The fourth-order valence-electron chi connectivity index (χ4n) is 3.11. The lowest BCUT2D eigenvalue weighted by molar-refractivity contribution is 0.156. The van der Waals surface area contributed by atoms with E-state index in [1.54, 1.807) is 18.4 Å². The molecule has 1 saturated heterocycles. The van der Waals surface area contributed by atoms with Crippen LogP contribution in [0.3, 0.4) is 0 Å². The zero-order valence-corrected chi connectivity index (χ0v) is 15.0. The largest absolute Gasteiger partial charge is 0.461 e. The van der Waals surface area contributed by atoms with Crippen molar-refractivity contribution in [1.82, 2.24) is 10.2 Å². The van der Waals surface area contributed by atoms with Crippen molar-refractivity contribution in [2.45, 2.75) is 38.3 Å². The second kappa shape index (κ2) is 7.85. The fraction of sp³-hybridized carbons (Fsp3) is 0.500. The Kier molecular flexibility index (Phi) is 5.58. The van der Waals surface area contributed by atoms with Crippen LogP contribution in [0.25, 0.3) is 0 Å². The highest BCUT2D eigenvalue weighted by Crippen LogP contribution is 2.33. The van der Waals surface area contributed by atoms with Crippen molar-refractivity contribution < 1.29 is 13.9 Å². The SMILES string of the molecule is COCc1ccc([C@H]2CCCN2C(=O)NC[C@@H](C)c2cccs2)o1. The van der Waals surface area contributed by atoms with Gasteiger partial charge in [-0.25, -0.2) is 4.79 Å². The Hall–Kier alpha value is -1.79. The standard InChI is InChI=1S/C18H24N2O3S/c1-13(17-6-4-10-24-17)11-19-18(21)20-9-3-5-15(20)16-8-7-14(23-16)12-22-2/h4,6-8,10,13,15H,3,5,9,11-12H2,1-2H3,(H,19,21)/t13-,15-/m1/s1. The van der Waals surface area contributed by atoms with E-state index >= 15 is 0 Å². The molecule has 130 valence electrons. The summed E-state index contributed by atoms with van der Waals surface area (Å²) < 4.78 is 10.9. The highest BCUT2D eigenvalue weighted by atomic mass is 32.1. The van der Waals surface area contributed by atoms with Crippen LogP contribution >= 0.6 is 11.3 Å². The zero-order chi connectivity index (χ0) is 16.9. The minimum absolute atomic E-state index is 0.00871. The molecule has 1 aliphatic heterocycles. The van der Waals surface area contributed by atoms with E-state index in [1.807, 2.05) is 23.1 Å². The molecular weight excluding hydrogens is 324 g/mol. The summed E-state index contributed by atoms with van der Waals surface area (Å²) >= 11 is 1.73. The van der Waals surface area contributed by atoms with Gasteiger partial charge >= 0.3 is 6.03 Å². The molecule has 3 heterocycles. The normalized spacial score (nSPS) is 18.8. The number of ether oxygens (including phenoxy) is 1. The van der Waals surface area contributed by atoms with Gasteiger partial charge in [0, 0.05) is 31.0 Å². The number of urea groups is 1. The van der Waals surface area contributed by atoms with E-state index in [0.717, 1.165) is 30.9 Å². The summed E-state index contributed by atoms with van der Waals surface area (Å²) in [4.78, 5) is 15.8. The van der Waals surface area contributed by atoms with Crippen molar-refractivity contribution in [3.63, 3.8) is 0 Å². The van der Waals surface area contributed by atoms with E-state index in [9.17, 15) is 4.79 Å². The number of hydrogen-bond acceptors (Lipinski definition) is 4. The van der Waals surface area contributed by atoms with Crippen LogP contribution in [-0.4, -0.2) is 31.1 Å². The summed E-state index contributed by atoms with van der Waals surface area (Å²) in [5.41, 5.74) is 0. The molecule has 24 heavy (non-hydrogen) atoms. The summed E-state index contributed by atoms with van der Waals surface area (Å²) in [5, 5.41) is 5.14. The van der Waals surface area contributed by atoms with Crippen LogP contribution in [0.15, 0.2) is 34.1 Å². The first-order chi connectivity index (χ1) is 11.7. The van der Waals surface area contributed by atoms with Crippen LogP contribution in [0.2, 0.25) is 0 Å². The van der Waals surface area contributed by atoms with Crippen molar-refractivity contribution in [1.29, 1.82) is 0 Å². The van der Waals surface area contributed by atoms with Crippen molar-refractivity contribution in [3.8, 4) is 0 Å². The number of amides is 2. The molecule has 2 aromatic heterocycles. The molecule has 3 rings (SSSR count). The van der Waals surface area contributed by atoms with Crippen molar-refractivity contribution in [3.05, 3.63) is 46.0 Å². The second-order valence-electron chi connectivity index (χ2n) is 6.19. The fourth-order valence-corrected chi connectivity index (χ4v) is 3.90. The molecule has 0 unspecified atom stereocenters. The minimum Gasteiger partial charge on any atom is -0.461 e. The number of nitrogens with one attached hydrogen (secondary N) is 1. The van der Waals surface area contributed by atoms with E-state index in [1.165, 1.54) is 4.88 Å². The Morgan fingerprint density at radius 2 is 2.38 bits per heavy atom. The number of rotatable bonds is 6. The maximum atomic E-state index is 12.6. The van der Waals surface area contributed by atoms with Crippen LogP contribution in [0.1, 0.15) is 48.1 Å². The van der Waals surface area contributed by atoms with E-state index in [-0.39, 0.29) is 12.1 Å². The van der Waals surface area contributed by atoms with Crippen molar-refractivity contribution in [2.75, 3.05) is 20.2 Å². The van der Waals surface area contributed by atoms with Gasteiger partial charge in [0.25, 0.3) is 0 Å². The first-order valence-electron chi connectivity index (χ1n) is 8.34. The molecule has 2 aromatic rings. The molecule has 5 nitrogen and oxygen atoms in total. The van der Waals surface area contributed by atoms with Crippen LogP contribution in [0.5, 0.6) is 0 Å². The van der Waals surface area contributed by atoms with E-state index in [4.69, 9.17) is 9.15 Å². The molecule has 0 spiro atoms. The monoisotopic (exact) mass is 348 g/mol. The molecule has 0 bridgehead atoms. The van der Waals surface area contributed by atoms with Gasteiger partial charge in [-0.1, -0.05) is 13.0 Å². The lowest BCUT2D eigenvalue weighted by atomic mass is 10.1. The maximum Gasteiger partial charge on any atom is 0.318 e. The van der Waals surface area contributed by atoms with Gasteiger partial charge in [-0.2, -0.15) is 0 Å². The van der Waals surface area contributed by atoms with Gasteiger partial charge in [0.1, 0.15) is 18.1 Å². The van der Waals surface area contributed by atoms with E-state index < -0.39 is 0 Å². The molecule has 0 aliphatic carbocycles. The Morgan fingerprint density at radius 1 is 1.50 bits per heavy atom. The highest BCUT2D eigenvalue weighted by molar-refractivity contribution is 7.10. The number of thiophene rings is 1. The average molecular weight is 348 g/mol. The first-order valence-corrected chi connectivity index (χ1v) is 9.22. The van der Waals surface area contributed by atoms with Gasteiger partial charge in [-0.15, -0.1) is 11.3 Å². The van der Waals surface area contributed by atoms with Gasteiger partial charge in [-0.05, 0) is 36.4 Å². The summed E-state index contributed by atoms with van der Waals surface area (Å²) in [7, 11) is 1.65. The number of likely N-dealkylation sites (tertiary alicyclic amines) is 1. The summed E-state index contributed by atoms with van der Waals surface area (Å²) in [5.74, 6) is 1.97. The molecule has 1 fully saturated rings. The van der Waals surface area contributed by atoms with Crippen LogP contribution in [0, 0.1) is 0 Å². The quantitative estimate of drug-likeness (QED) is 0.854.